The Morgan fingerprint density at radius 1 is 1.41 bits per heavy atom. The second-order valence-electron chi connectivity index (χ2n) is 4.32. The van der Waals surface area contributed by atoms with Gasteiger partial charge in [-0.15, -0.1) is 0 Å². The van der Waals surface area contributed by atoms with E-state index in [0.717, 1.165) is 0 Å². The van der Waals surface area contributed by atoms with Crippen LogP contribution in [0.3, 0.4) is 0 Å². The van der Waals surface area contributed by atoms with Gasteiger partial charge in [0.05, 0.1) is 13.0 Å². The van der Waals surface area contributed by atoms with E-state index in [1.807, 2.05) is 13.8 Å². The minimum Gasteiger partial charge on any atom is -0.481 e. The van der Waals surface area contributed by atoms with Crippen molar-refractivity contribution in [3.05, 3.63) is 23.5 Å². The van der Waals surface area contributed by atoms with Crippen LogP contribution in [-0.4, -0.2) is 28.7 Å². The molecule has 0 fully saturated rings. The summed E-state index contributed by atoms with van der Waals surface area (Å²) in [7, 11) is 2.99. The summed E-state index contributed by atoms with van der Waals surface area (Å²) in [4.78, 5) is 22.6. The van der Waals surface area contributed by atoms with Crippen molar-refractivity contribution in [2.45, 2.75) is 19.8 Å². The first-order chi connectivity index (χ1) is 7.88. The van der Waals surface area contributed by atoms with Crippen LogP contribution in [0.15, 0.2) is 12.3 Å². The summed E-state index contributed by atoms with van der Waals surface area (Å²) in [6.07, 6.45) is 1.66. The number of aliphatic carboxylic acids is 1. The number of rotatable bonds is 4. The molecule has 1 rings (SSSR count). The standard InChI is InChI=1S/C12H17NO4/c1-7(2)10(11(14)15)8-5-9(12(16)17-4)13(3)6-8/h5-7,10H,1-4H3,(H,14,15). The van der Waals surface area contributed by atoms with Gasteiger partial charge >= 0.3 is 11.9 Å². The lowest BCUT2D eigenvalue weighted by molar-refractivity contribution is -0.139. The molecule has 0 aliphatic rings. The highest BCUT2D eigenvalue weighted by Gasteiger charge is 2.26. The molecule has 0 saturated carbocycles. The van der Waals surface area contributed by atoms with Crippen LogP contribution in [0.5, 0.6) is 0 Å². The van der Waals surface area contributed by atoms with Gasteiger partial charge in [-0.3, -0.25) is 4.79 Å². The van der Waals surface area contributed by atoms with Gasteiger partial charge in [0.25, 0.3) is 0 Å². The number of carbonyl (C=O) groups excluding carboxylic acids is 1. The monoisotopic (exact) mass is 239 g/mol. The van der Waals surface area contributed by atoms with Gasteiger partial charge in [-0.05, 0) is 17.5 Å². The third-order valence-corrected chi connectivity index (χ3v) is 2.71. The van der Waals surface area contributed by atoms with Gasteiger partial charge in [0, 0.05) is 13.2 Å². The van der Waals surface area contributed by atoms with Gasteiger partial charge in [-0.1, -0.05) is 13.8 Å². The summed E-state index contributed by atoms with van der Waals surface area (Å²) in [5, 5.41) is 9.17. The van der Waals surface area contributed by atoms with Crippen molar-refractivity contribution in [2.75, 3.05) is 7.11 Å². The highest BCUT2D eigenvalue weighted by molar-refractivity contribution is 5.88. The normalized spacial score (nSPS) is 12.5. The molecule has 1 heterocycles. The van der Waals surface area contributed by atoms with Gasteiger partial charge in [0.2, 0.25) is 0 Å². The second-order valence-corrected chi connectivity index (χ2v) is 4.32. The molecular formula is C12H17NO4. The van der Waals surface area contributed by atoms with Gasteiger partial charge in [-0.2, -0.15) is 0 Å². The fourth-order valence-electron chi connectivity index (χ4n) is 1.88. The van der Waals surface area contributed by atoms with Crippen LogP contribution in [0.4, 0.5) is 0 Å². The molecule has 5 heteroatoms. The third-order valence-electron chi connectivity index (χ3n) is 2.71. The van der Waals surface area contributed by atoms with Crippen molar-refractivity contribution in [1.29, 1.82) is 0 Å². The summed E-state index contributed by atoms with van der Waals surface area (Å²) in [6, 6.07) is 1.57. The molecule has 0 aliphatic heterocycles. The first-order valence-corrected chi connectivity index (χ1v) is 5.35. The van der Waals surface area contributed by atoms with E-state index in [2.05, 4.69) is 4.74 Å². The van der Waals surface area contributed by atoms with E-state index >= 15 is 0 Å². The van der Waals surface area contributed by atoms with Crippen LogP contribution in [0.25, 0.3) is 0 Å². The van der Waals surface area contributed by atoms with Gasteiger partial charge in [-0.25, -0.2) is 4.79 Å². The Morgan fingerprint density at radius 3 is 2.41 bits per heavy atom. The van der Waals surface area contributed by atoms with E-state index in [0.29, 0.717) is 11.3 Å². The Hall–Kier alpha value is -1.78. The Labute approximate surface area is 100 Å². The van der Waals surface area contributed by atoms with Gasteiger partial charge in [0.15, 0.2) is 0 Å². The number of ether oxygens (including phenoxy) is 1. The summed E-state index contributed by atoms with van der Waals surface area (Å²) < 4.78 is 6.21. The number of methoxy groups -OCH3 is 1. The summed E-state index contributed by atoms with van der Waals surface area (Å²) >= 11 is 0. The maximum Gasteiger partial charge on any atom is 0.354 e. The minimum absolute atomic E-state index is 0.0413. The molecule has 0 spiro atoms. The largest absolute Gasteiger partial charge is 0.481 e. The number of aromatic nitrogens is 1. The number of carbonyl (C=O) groups is 2. The fraction of sp³-hybridized carbons (Fsp3) is 0.500. The van der Waals surface area contributed by atoms with Crippen molar-refractivity contribution in [3.63, 3.8) is 0 Å². The van der Waals surface area contributed by atoms with E-state index in [1.54, 1.807) is 23.9 Å². The van der Waals surface area contributed by atoms with Gasteiger partial charge < -0.3 is 14.4 Å². The number of carboxylic acid groups (broad SMARTS) is 1. The first kappa shape index (κ1) is 13.3. The average Bonchev–Trinajstić information content (AvgIpc) is 2.58. The Morgan fingerprint density at radius 2 is 2.00 bits per heavy atom. The van der Waals surface area contributed by atoms with Crippen LogP contribution in [-0.2, 0) is 16.6 Å². The van der Waals surface area contributed by atoms with E-state index < -0.39 is 17.9 Å². The summed E-state index contributed by atoms with van der Waals surface area (Å²) in [5.74, 6) is -2.01. The molecular weight excluding hydrogens is 222 g/mol. The number of hydrogen-bond acceptors (Lipinski definition) is 3. The molecule has 1 atom stereocenters. The topological polar surface area (TPSA) is 68.5 Å². The molecule has 1 aromatic heterocycles. The Bertz CT molecular complexity index is 434. The smallest absolute Gasteiger partial charge is 0.354 e. The SMILES string of the molecule is COC(=O)c1cc(C(C(=O)O)C(C)C)cn1C. The zero-order chi connectivity index (χ0) is 13.2. The van der Waals surface area contributed by atoms with Crippen LogP contribution in [0.1, 0.15) is 35.8 Å². The second kappa shape index (κ2) is 5.03. The quantitative estimate of drug-likeness (QED) is 0.811. The molecule has 0 radical (unpaired) electrons. The molecule has 1 N–H and O–H groups in total. The van der Waals surface area contributed by atoms with E-state index in [4.69, 9.17) is 5.11 Å². The van der Waals surface area contributed by atoms with E-state index in [1.165, 1.54) is 7.11 Å². The molecule has 0 bridgehead atoms. The van der Waals surface area contributed by atoms with E-state index in [9.17, 15) is 9.59 Å². The molecule has 0 aromatic carbocycles. The van der Waals surface area contributed by atoms with Gasteiger partial charge in [0.1, 0.15) is 5.69 Å². The maximum atomic E-state index is 11.4. The number of esters is 1. The number of aryl methyl sites for hydroxylation is 1. The molecule has 94 valence electrons. The third kappa shape index (κ3) is 2.67. The van der Waals surface area contributed by atoms with Crippen LogP contribution >= 0.6 is 0 Å². The maximum absolute atomic E-state index is 11.4. The lowest BCUT2D eigenvalue weighted by atomic mass is 9.90. The molecule has 1 unspecified atom stereocenters. The molecule has 0 saturated heterocycles. The molecule has 0 amide bonds. The highest BCUT2D eigenvalue weighted by Crippen LogP contribution is 2.26. The van der Waals surface area contributed by atoms with Crippen molar-refractivity contribution in [2.24, 2.45) is 13.0 Å². The predicted octanol–water partition coefficient (Wildman–Crippen LogP) is 1.64. The van der Waals surface area contributed by atoms with Crippen molar-refractivity contribution in [1.82, 2.24) is 4.57 Å². The summed E-state index contributed by atoms with van der Waals surface area (Å²) in [5.41, 5.74) is 0.977. The van der Waals surface area contributed by atoms with Crippen LogP contribution in [0, 0.1) is 5.92 Å². The van der Waals surface area contributed by atoms with Crippen molar-refractivity contribution in [3.8, 4) is 0 Å². The average molecular weight is 239 g/mol. The summed E-state index contributed by atoms with van der Waals surface area (Å²) in [6.45, 7) is 3.67. The van der Waals surface area contributed by atoms with Crippen molar-refractivity contribution >= 4 is 11.9 Å². The zero-order valence-corrected chi connectivity index (χ0v) is 10.4. The van der Waals surface area contributed by atoms with Crippen LogP contribution in [0.2, 0.25) is 0 Å². The lowest BCUT2D eigenvalue weighted by Gasteiger charge is -2.14. The highest BCUT2D eigenvalue weighted by atomic mass is 16.5. The molecule has 0 aliphatic carbocycles. The number of nitrogens with zero attached hydrogens (tertiary/aromatic N) is 1. The van der Waals surface area contributed by atoms with E-state index in [-0.39, 0.29) is 5.92 Å². The molecule has 1 aromatic rings. The Balaban J connectivity index is 3.15. The zero-order valence-electron chi connectivity index (χ0n) is 10.4. The Kier molecular flexibility index (Phi) is 3.93. The number of hydrogen-bond donors (Lipinski definition) is 1. The predicted molar refractivity (Wildman–Crippen MR) is 62.0 cm³/mol. The first-order valence-electron chi connectivity index (χ1n) is 5.35. The lowest BCUT2D eigenvalue weighted by Crippen LogP contribution is -2.16. The fourth-order valence-corrected chi connectivity index (χ4v) is 1.88. The van der Waals surface area contributed by atoms with Crippen molar-refractivity contribution < 1.29 is 19.4 Å². The minimum atomic E-state index is -0.887. The molecule has 5 nitrogen and oxygen atoms in total. The van der Waals surface area contributed by atoms with Crippen LogP contribution < -0.4 is 0 Å². The molecule has 17 heavy (non-hydrogen) atoms. The number of carboxylic acids is 1.